The van der Waals surface area contributed by atoms with Gasteiger partial charge in [0, 0.05) is 29.7 Å². The zero-order chi connectivity index (χ0) is 16.2. The van der Waals surface area contributed by atoms with Crippen LogP contribution in [-0.4, -0.2) is 28.8 Å². The molecule has 2 rings (SSSR count). The van der Waals surface area contributed by atoms with Crippen molar-refractivity contribution in [1.82, 2.24) is 15.6 Å². The smallest absolute Gasteiger partial charge is 0.407 e. The summed E-state index contributed by atoms with van der Waals surface area (Å²) in [6, 6.07) is 0.622. The van der Waals surface area contributed by atoms with Crippen LogP contribution in [0, 0.1) is 6.92 Å². The van der Waals surface area contributed by atoms with Crippen molar-refractivity contribution in [3.63, 3.8) is 0 Å². The molecule has 1 saturated carbocycles. The van der Waals surface area contributed by atoms with Crippen LogP contribution >= 0.6 is 11.3 Å². The van der Waals surface area contributed by atoms with E-state index < -0.39 is 5.60 Å². The monoisotopic (exact) mass is 325 g/mol. The molecule has 0 aliphatic heterocycles. The minimum absolute atomic E-state index is 0.194. The van der Waals surface area contributed by atoms with Crippen molar-refractivity contribution in [2.45, 2.75) is 77.6 Å². The summed E-state index contributed by atoms with van der Waals surface area (Å²) in [7, 11) is 0. The summed E-state index contributed by atoms with van der Waals surface area (Å²) >= 11 is 1.69. The van der Waals surface area contributed by atoms with E-state index >= 15 is 0 Å². The lowest BCUT2D eigenvalue weighted by Crippen LogP contribution is -2.45. The molecule has 0 aromatic carbocycles. The first kappa shape index (κ1) is 17.2. The number of carbonyl (C=O) groups excluding carboxylic acids is 1. The van der Waals surface area contributed by atoms with Crippen LogP contribution in [0.3, 0.4) is 0 Å². The highest BCUT2D eigenvalue weighted by Crippen LogP contribution is 2.20. The molecule has 1 aromatic rings. The molecule has 1 aliphatic carbocycles. The van der Waals surface area contributed by atoms with Gasteiger partial charge in [0.05, 0.1) is 0 Å². The van der Waals surface area contributed by atoms with E-state index in [0.717, 1.165) is 42.9 Å². The largest absolute Gasteiger partial charge is 0.444 e. The maximum absolute atomic E-state index is 11.9. The fourth-order valence-electron chi connectivity index (χ4n) is 2.70. The lowest BCUT2D eigenvalue weighted by Gasteiger charge is -2.31. The van der Waals surface area contributed by atoms with Crippen LogP contribution in [0.25, 0.3) is 0 Å². The molecule has 1 amide bonds. The predicted octanol–water partition coefficient (Wildman–Crippen LogP) is 3.38. The number of hydrogen-bond donors (Lipinski definition) is 2. The Balaban J connectivity index is 1.75. The van der Waals surface area contributed by atoms with Gasteiger partial charge >= 0.3 is 6.09 Å². The second-order valence-electron chi connectivity index (χ2n) is 6.97. The van der Waals surface area contributed by atoms with E-state index in [2.05, 4.69) is 21.0 Å². The standard InChI is InChI=1S/C16H27N3O2S/c1-11-10-22-14(18-11)9-17-12-6-5-7-13(8-12)19-15(20)21-16(2,3)4/h10,12-13,17H,5-9H2,1-4H3,(H,19,20). The Labute approximate surface area is 136 Å². The molecule has 1 aliphatic rings. The summed E-state index contributed by atoms with van der Waals surface area (Å²) in [6.07, 6.45) is 3.93. The van der Waals surface area contributed by atoms with Crippen LogP contribution in [0.5, 0.6) is 0 Å². The Bertz CT molecular complexity index is 496. The fourth-order valence-corrected chi connectivity index (χ4v) is 3.42. The average molecular weight is 325 g/mol. The molecule has 2 atom stereocenters. The van der Waals surface area contributed by atoms with Crippen molar-refractivity contribution in [3.8, 4) is 0 Å². The number of carbonyl (C=O) groups is 1. The second kappa shape index (κ2) is 7.42. The minimum atomic E-state index is -0.445. The van der Waals surface area contributed by atoms with Crippen LogP contribution in [-0.2, 0) is 11.3 Å². The zero-order valence-corrected chi connectivity index (χ0v) is 14.8. The maximum atomic E-state index is 11.9. The Morgan fingerprint density at radius 3 is 2.77 bits per heavy atom. The quantitative estimate of drug-likeness (QED) is 0.891. The number of aryl methyl sites for hydroxylation is 1. The first-order chi connectivity index (χ1) is 10.3. The fraction of sp³-hybridized carbons (Fsp3) is 0.750. The number of thiazole rings is 1. The van der Waals surface area contributed by atoms with Crippen molar-refractivity contribution in [2.75, 3.05) is 0 Å². The van der Waals surface area contributed by atoms with Crippen molar-refractivity contribution >= 4 is 17.4 Å². The second-order valence-corrected chi connectivity index (χ2v) is 7.91. The molecule has 0 saturated heterocycles. The summed E-state index contributed by atoms with van der Waals surface area (Å²) in [5.74, 6) is 0. The van der Waals surface area contributed by atoms with Gasteiger partial charge in [-0.05, 0) is 53.4 Å². The van der Waals surface area contributed by atoms with Gasteiger partial charge in [-0.3, -0.25) is 0 Å². The Hall–Kier alpha value is -1.14. The van der Waals surface area contributed by atoms with Crippen molar-refractivity contribution in [1.29, 1.82) is 0 Å². The molecule has 0 bridgehead atoms. The van der Waals surface area contributed by atoms with E-state index in [1.165, 1.54) is 0 Å². The molecule has 0 radical (unpaired) electrons. The van der Waals surface area contributed by atoms with E-state index in [1.807, 2.05) is 27.7 Å². The molecular weight excluding hydrogens is 298 g/mol. The normalized spacial score (nSPS) is 22.4. The third-order valence-electron chi connectivity index (χ3n) is 3.60. The predicted molar refractivity (Wildman–Crippen MR) is 89.1 cm³/mol. The van der Waals surface area contributed by atoms with Gasteiger partial charge in [-0.1, -0.05) is 0 Å². The molecule has 0 spiro atoms. The highest BCUT2D eigenvalue weighted by molar-refractivity contribution is 7.09. The number of ether oxygens (including phenoxy) is 1. The van der Waals surface area contributed by atoms with E-state index in [4.69, 9.17) is 4.74 Å². The summed E-state index contributed by atoms with van der Waals surface area (Å²) in [5.41, 5.74) is 0.633. The summed E-state index contributed by atoms with van der Waals surface area (Å²) in [5, 5.41) is 9.75. The summed E-state index contributed by atoms with van der Waals surface area (Å²) in [4.78, 5) is 16.3. The summed E-state index contributed by atoms with van der Waals surface area (Å²) in [6.45, 7) is 8.47. The van der Waals surface area contributed by atoms with Gasteiger partial charge < -0.3 is 15.4 Å². The van der Waals surface area contributed by atoms with Crippen LogP contribution in [0.4, 0.5) is 4.79 Å². The van der Waals surface area contributed by atoms with Crippen molar-refractivity contribution < 1.29 is 9.53 Å². The highest BCUT2D eigenvalue weighted by atomic mass is 32.1. The molecule has 6 heteroatoms. The van der Waals surface area contributed by atoms with Crippen LogP contribution < -0.4 is 10.6 Å². The molecule has 124 valence electrons. The van der Waals surface area contributed by atoms with Crippen LogP contribution in [0.1, 0.15) is 57.2 Å². The van der Waals surface area contributed by atoms with Gasteiger partial charge in [0.2, 0.25) is 0 Å². The number of alkyl carbamates (subject to hydrolysis) is 1. The van der Waals surface area contributed by atoms with Crippen LogP contribution in [0.15, 0.2) is 5.38 Å². The third kappa shape index (κ3) is 5.93. The Morgan fingerprint density at radius 1 is 1.41 bits per heavy atom. The van der Waals surface area contributed by atoms with Crippen molar-refractivity contribution in [2.24, 2.45) is 0 Å². The topological polar surface area (TPSA) is 63.2 Å². The minimum Gasteiger partial charge on any atom is -0.444 e. The molecule has 1 fully saturated rings. The van der Waals surface area contributed by atoms with Gasteiger partial charge in [0.1, 0.15) is 10.6 Å². The van der Waals surface area contributed by atoms with Gasteiger partial charge in [0.15, 0.2) is 0 Å². The van der Waals surface area contributed by atoms with E-state index in [1.54, 1.807) is 11.3 Å². The Kier molecular flexibility index (Phi) is 5.81. The number of nitrogens with one attached hydrogen (secondary N) is 2. The molecular formula is C16H27N3O2S. The number of nitrogens with zero attached hydrogens (tertiary/aromatic N) is 1. The van der Waals surface area contributed by atoms with Gasteiger partial charge in [0.25, 0.3) is 0 Å². The number of amides is 1. The van der Waals surface area contributed by atoms with E-state index in [9.17, 15) is 4.79 Å². The molecule has 1 heterocycles. The average Bonchev–Trinajstić information content (AvgIpc) is 2.80. The van der Waals surface area contributed by atoms with Gasteiger partial charge in [-0.15, -0.1) is 11.3 Å². The highest BCUT2D eigenvalue weighted by Gasteiger charge is 2.25. The lowest BCUT2D eigenvalue weighted by atomic mass is 9.91. The lowest BCUT2D eigenvalue weighted by molar-refractivity contribution is 0.0488. The van der Waals surface area contributed by atoms with Crippen LogP contribution in [0.2, 0.25) is 0 Å². The molecule has 2 unspecified atom stereocenters. The number of aromatic nitrogens is 1. The molecule has 5 nitrogen and oxygen atoms in total. The van der Waals surface area contributed by atoms with Gasteiger partial charge in [-0.25, -0.2) is 9.78 Å². The SMILES string of the molecule is Cc1csc(CNC2CCCC(NC(=O)OC(C)(C)C)C2)n1. The van der Waals surface area contributed by atoms with Crippen molar-refractivity contribution in [3.05, 3.63) is 16.1 Å². The van der Waals surface area contributed by atoms with E-state index in [-0.39, 0.29) is 12.1 Å². The third-order valence-corrected chi connectivity index (χ3v) is 4.57. The molecule has 1 aromatic heterocycles. The number of rotatable bonds is 4. The first-order valence-electron chi connectivity index (χ1n) is 7.96. The molecule has 2 N–H and O–H groups in total. The van der Waals surface area contributed by atoms with E-state index in [0.29, 0.717) is 6.04 Å². The molecule has 22 heavy (non-hydrogen) atoms. The first-order valence-corrected chi connectivity index (χ1v) is 8.84. The van der Waals surface area contributed by atoms with Gasteiger partial charge in [-0.2, -0.15) is 0 Å². The number of hydrogen-bond acceptors (Lipinski definition) is 5. The Morgan fingerprint density at radius 2 is 2.14 bits per heavy atom. The zero-order valence-electron chi connectivity index (χ0n) is 13.9. The summed E-state index contributed by atoms with van der Waals surface area (Å²) < 4.78 is 5.33. The maximum Gasteiger partial charge on any atom is 0.407 e.